The summed E-state index contributed by atoms with van der Waals surface area (Å²) >= 11 is 17.9. The van der Waals surface area contributed by atoms with Crippen molar-refractivity contribution >= 4 is 40.5 Å². The first-order chi connectivity index (χ1) is 8.49. The van der Waals surface area contributed by atoms with E-state index in [4.69, 9.17) is 34.8 Å². The maximum Gasteiger partial charge on any atom is 0.0653 e. The van der Waals surface area contributed by atoms with Gasteiger partial charge in [-0.05, 0) is 26.0 Å². The van der Waals surface area contributed by atoms with E-state index in [9.17, 15) is 0 Å². The molecule has 1 heterocycles. The Hall–Kier alpha value is -0.900. The molecule has 0 bridgehead atoms. The summed E-state index contributed by atoms with van der Waals surface area (Å²) in [4.78, 5) is 0. The van der Waals surface area contributed by atoms with E-state index in [1.165, 1.54) is 0 Å². The Morgan fingerprint density at radius 3 is 2.39 bits per heavy atom. The van der Waals surface area contributed by atoms with Crippen LogP contribution in [-0.4, -0.2) is 10.2 Å². The first-order valence-electron chi connectivity index (χ1n) is 5.38. The maximum atomic E-state index is 6.09. The number of halogens is 3. The molecule has 0 radical (unpaired) electrons. The summed E-state index contributed by atoms with van der Waals surface area (Å²) < 4.78 is 0. The Labute approximate surface area is 120 Å². The average Bonchev–Trinajstić information content (AvgIpc) is 2.62. The van der Waals surface area contributed by atoms with Crippen molar-refractivity contribution in [2.45, 2.75) is 20.4 Å². The van der Waals surface area contributed by atoms with Gasteiger partial charge < -0.3 is 5.32 Å². The summed E-state index contributed by atoms with van der Waals surface area (Å²) in [5, 5.41) is 11.8. The van der Waals surface area contributed by atoms with E-state index in [0.29, 0.717) is 21.6 Å². The van der Waals surface area contributed by atoms with Crippen LogP contribution in [0, 0.1) is 13.8 Å². The molecule has 0 aliphatic heterocycles. The molecule has 0 unspecified atom stereocenters. The molecule has 2 N–H and O–H groups in total. The van der Waals surface area contributed by atoms with Crippen molar-refractivity contribution in [3.05, 3.63) is 44.2 Å². The number of aromatic amines is 1. The molecule has 0 saturated heterocycles. The summed E-state index contributed by atoms with van der Waals surface area (Å²) in [5.74, 6) is 0. The number of benzene rings is 1. The number of anilines is 1. The minimum absolute atomic E-state index is 0.447. The number of hydrogen-bond donors (Lipinski definition) is 2. The fourth-order valence-corrected chi connectivity index (χ4v) is 2.29. The van der Waals surface area contributed by atoms with Crippen LogP contribution in [0.2, 0.25) is 15.1 Å². The number of nitrogens with one attached hydrogen (secondary N) is 2. The predicted octanol–water partition coefficient (Wildman–Crippen LogP) is 4.60. The zero-order chi connectivity index (χ0) is 13.3. The second-order valence-electron chi connectivity index (χ2n) is 4.01. The number of nitrogens with zero attached hydrogens (tertiary/aromatic N) is 1. The normalized spacial score (nSPS) is 10.7. The van der Waals surface area contributed by atoms with Gasteiger partial charge in [0.15, 0.2) is 0 Å². The highest BCUT2D eigenvalue weighted by molar-refractivity contribution is 6.44. The lowest BCUT2D eigenvalue weighted by Crippen LogP contribution is -2.02. The van der Waals surface area contributed by atoms with Crippen molar-refractivity contribution < 1.29 is 0 Å². The van der Waals surface area contributed by atoms with Crippen LogP contribution in [-0.2, 0) is 6.54 Å². The quantitative estimate of drug-likeness (QED) is 0.814. The van der Waals surface area contributed by atoms with Gasteiger partial charge in [0.1, 0.15) is 0 Å². The minimum Gasteiger partial charge on any atom is -0.380 e. The summed E-state index contributed by atoms with van der Waals surface area (Å²) in [5.41, 5.74) is 3.88. The highest BCUT2D eigenvalue weighted by Gasteiger charge is 2.09. The molecule has 0 amide bonds. The minimum atomic E-state index is 0.447. The van der Waals surface area contributed by atoms with E-state index < -0.39 is 0 Å². The van der Waals surface area contributed by atoms with E-state index in [1.807, 2.05) is 13.8 Å². The molecule has 96 valence electrons. The standard InChI is InChI=1S/C12H12Cl3N3/c1-6-8(7(2)18-17-6)5-16-12-4-10(14)9(13)3-11(12)15/h3-4,16H,5H2,1-2H3,(H,17,18). The molecule has 3 nitrogen and oxygen atoms in total. The van der Waals surface area contributed by atoms with Gasteiger partial charge in [-0.15, -0.1) is 0 Å². The Kier molecular flexibility index (Phi) is 4.05. The van der Waals surface area contributed by atoms with Crippen LogP contribution in [0.15, 0.2) is 12.1 Å². The smallest absolute Gasteiger partial charge is 0.0653 e. The fraction of sp³-hybridized carbons (Fsp3) is 0.250. The third kappa shape index (κ3) is 2.74. The summed E-state index contributed by atoms with van der Waals surface area (Å²) in [6, 6.07) is 3.35. The molecule has 2 rings (SSSR count). The van der Waals surface area contributed by atoms with Gasteiger partial charge in [0.25, 0.3) is 0 Å². The lowest BCUT2D eigenvalue weighted by atomic mass is 10.2. The van der Waals surface area contributed by atoms with Crippen LogP contribution >= 0.6 is 34.8 Å². The third-order valence-corrected chi connectivity index (χ3v) is 3.78. The largest absolute Gasteiger partial charge is 0.380 e. The zero-order valence-electron chi connectivity index (χ0n) is 9.94. The van der Waals surface area contributed by atoms with Crippen LogP contribution in [0.5, 0.6) is 0 Å². The lowest BCUT2D eigenvalue weighted by molar-refractivity contribution is 1.02. The SMILES string of the molecule is Cc1n[nH]c(C)c1CNc1cc(Cl)c(Cl)cc1Cl. The van der Waals surface area contributed by atoms with Gasteiger partial charge in [0.2, 0.25) is 0 Å². The molecule has 0 fully saturated rings. The number of rotatable bonds is 3. The number of aryl methyl sites for hydroxylation is 2. The summed E-state index contributed by atoms with van der Waals surface area (Å²) in [6.07, 6.45) is 0. The van der Waals surface area contributed by atoms with E-state index >= 15 is 0 Å². The average molecular weight is 305 g/mol. The second kappa shape index (κ2) is 5.39. The summed E-state index contributed by atoms with van der Waals surface area (Å²) in [6.45, 7) is 4.57. The van der Waals surface area contributed by atoms with Crippen molar-refractivity contribution in [1.29, 1.82) is 0 Å². The predicted molar refractivity (Wildman–Crippen MR) is 76.9 cm³/mol. The van der Waals surface area contributed by atoms with Gasteiger partial charge in [-0.25, -0.2) is 0 Å². The summed E-state index contributed by atoms with van der Waals surface area (Å²) in [7, 11) is 0. The molecule has 2 aromatic rings. The Morgan fingerprint density at radius 1 is 1.11 bits per heavy atom. The topological polar surface area (TPSA) is 40.7 Å². The molecule has 0 spiro atoms. The van der Waals surface area contributed by atoms with E-state index in [2.05, 4.69) is 15.5 Å². The Bertz CT molecular complexity index is 559. The van der Waals surface area contributed by atoms with Crippen LogP contribution in [0.4, 0.5) is 5.69 Å². The molecular weight excluding hydrogens is 293 g/mol. The number of hydrogen-bond acceptors (Lipinski definition) is 2. The van der Waals surface area contributed by atoms with Gasteiger partial charge in [0.05, 0.1) is 26.4 Å². The lowest BCUT2D eigenvalue weighted by Gasteiger charge is -2.10. The van der Waals surface area contributed by atoms with Crippen molar-refractivity contribution in [2.24, 2.45) is 0 Å². The Balaban J connectivity index is 2.18. The van der Waals surface area contributed by atoms with Crippen LogP contribution in [0.1, 0.15) is 17.0 Å². The van der Waals surface area contributed by atoms with Crippen molar-refractivity contribution in [2.75, 3.05) is 5.32 Å². The molecule has 0 saturated carbocycles. The van der Waals surface area contributed by atoms with Gasteiger partial charge in [-0.3, -0.25) is 5.10 Å². The van der Waals surface area contributed by atoms with Gasteiger partial charge in [0, 0.05) is 17.8 Å². The molecule has 0 aliphatic carbocycles. The molecule has 6 heteroatoms. The maximum absolute atomic E-state index is 6.09. The molecular formula is C12H12Cl3N3. The van der Waals surface area contributed by atoms with Gasteiger partial charge >= 0.3 is 0 Å². The van der Waals surface area contributed by atoms with Crippen molar-refractivity contribution in [3.63, 3.8) is 0 Å². The first-order valence-corrected chi connectivity index (χ1v) is 6.51. The monoisotopic (exact) mass is 303 g/mol. The van der Waals surface area contributed by atoms with E-state index in [1.54, 1.807) is 12.1 Å². The van der Waals surface area contributed by atoms with Crippen molar-refractivity contribution in [3.8, 4) is 0 Å². The van der Waals surface area contributed by atoms with Gasteiger partial charge in [-0.2, -0.15) is 5.10 Å². The second-order valence-corrected chi connectivity index (χ2v) is 5.23. The van der Waals surface area contributed by atoms with E-state index in [-0.39, 0.29) is 0 Å². The van der Waals surface area contributed by atoms with Gasteiger partial charge in [-0.1, -0.05) is 34.8 Å². The fourth-order valence-electron chi connectivity index (χ4n) is 1.68. The molecule has 1 aromatic carbocycles. The third-order valence-electron chi connectivity index (χ3n) is 2.75. The van der Waals surface area contributed by atoms with Crippen LogP contribution < -0.4 is 5.32 Å². The molecule has 1 aromatic heterocycles. The molecule has 18 heavy (non-hydrogen) atoms. The Morgan fingerprint density at radius 2 is 1.78 bits per heavy atom. The van der Waals surface area contributed by atoms with E-state index in [0.717, 1.165) is 22.6 Å². The highest BCUT2D eigenvalue weighted by Crippen LogP contribution is 2.32. The van der Waals surface area contributed by atoms with Crippen LogP contribution in [0.25, 0.3) is 0 Å². The molecule has 0 aliphatic rings. The zero-order valence-corrected chi connectivity index (χ0v) is 12.2. The molecule has 0 atom stereocenters. The number of aromatic nitrogens is 2. The number of H-pyrrole nitrogens is 1. The highest BCUT2D eigenvalue weighted by atomic mass is 35.5. The van der Waals surface area contributed by atoms with Crippen LogP contribution in [0.3, 0.4) is 0 Å². The van der Waals surface area contributed by atoms with Crippen molar-refractivity contribution in [1.82, 2.24) is 10.2 Å². The first kappa shape index (κ1) is 13.5.